The van der Waals surface area contributed by atoms with E-state index in [9.17, 15) is 9.90 Å². The molecule has 0 bridgehead atoms. The van der Waals surface area contributed by atoms with Crippen molar-refractivity contribution in [1.82, 2.24) is 9.78 Å². The van der Waals surface area contributed by atoms with Gasteiger partial charge in [0.25, 0.3) is 0 Å². The quantitative estimate of drug-likeness (QED) is 0.780. The molecule has 0 saturated heterocycles. The smallest absolute Gasteiger partial charge is 0.339 e. The number of carbonyl (C=O) groups is 1. The monoisotopic (exact) mass is 254 g/mol. The Morgan fingerprint density at radius 3 is 2.58 bits per heavy atom. The Hall–Kier alpha value is -2.82. The summed E-state index contributed by atoms with van der Waals surface area (Å²) in [6.45, 7) is 0. The first-order chi connectivity index (χ1) is 9.25. The first kappa shape index (κ1) is 11.3. The molecule has 0 amide bonds. The number of hydrogen-bond donors (Lipinski definition) is 1. The van der Waals surface area contributed by atoms with Gasteiger partial charge in [-0.1, -0.05) is 18.2 Å². The van der Waals surface area contributed by atoms with Crippen molar-refractivity contribution < 1.29 is 14.3 Å². The van der Waals surface area contributed by atoms with Crippen LogP contribution >= 0.6 is 0 Å². The van der Waals surface area contributed by atoms with Gasteiger partial charge >= 0.3 is 5.97 Å². The standard InChI is InChI=1S/C14H10N2O3/c17-14(18)11-9-16(10-5-2-1-3-6-10)15-13(11)12-7-4-8-19-12/h1-9H,(H,17,18). The van der Waals surface area contributed by atoms with E-state index < -0.39 is 5.97 Å². The zero-order valence-electron chi connectivity index (χ0n) is 9.85. The van der Waals surface area contributed by atoms with Crippen molar-refractivity contribution in [3.05, 3.63) is 60.5 Å². The molecule has 1 N–H and O–H groups in total. The maximum Gasteiger partial charge on any atom is 0.339 e. The summed E-state index contributed by atoms with van der Waals surface area (Å²) in [6, 6.07) is 12.7. The number of para-hydroxylation sites is 1. The molecular weight excluding hydrogens is 244 g/mol. The molecule has 0 saturated carbocycles. The summed E-state index contributed by atoms with van der Waals surface area (Å²) in [5.41, 5.74) is 1.22. The van der Waals surface area contributed by atoms with E-state index in [1.165, 1.54) is 17.1 Å². The number of hydrogen-bond acceptors (Lipinski definition) is 3. The average Bonchev–Trinajstić information content (AvgIpc) is 3.08. The molecule has 0 atom stereocenters. The fourth-order valence-electron chi connectivity index (χ4n) is 1.84. The second-order valence-electron chi connectivity index (χ2n) is 3.95. The predicted octanol–water partition coefficient (Wildman–Crippen LogP) is 2.83. The van der Waals surface area contributed by atoms with Crippen molar-refractivity contribution >= 4 is 5.97 Å². The van der Waals surface area contributed by atoms with Crippen molar-refractivity contribution in [2.75, 3.05) is 0 Å². The van der Waals surface area contributed by atoms with Crippen LogP contribution in [0.1, 0.15) is 10.4 Å². The van der Waals surface area contributed by atoms with E-state index in [0.29, 0.717) is 11.5 Å². The molecule has 0 spiro atoms. The number of furan rings is 1. The van der Waals surface area contributed by atoms with Crippen LogP contribution in [0.2, 0.25) is 0 Å². The molecule has 0 fully saturated rings. The molecule has 3 aromatic rings. The highest BCUT2D eigenvalue weighted by Gasteiger charge is 2.19. The zero-order valence-corrected chi connectivity index (χ0v) is 9.85. The van der Waals surface area contributed by atoms with Crippen LogP contribution in [-0.4, -0.2) is 20.9 Å². The van der Waals surface area contributed by atoms with Gasteiger partial charge in [0.05, 0.1) is 12.0 Å². The van der Waals surface area contributed by atoms with Crippen molar-refractivity contribution in [2.24, 2.45) is 0 Å². The van der Waals surface area contributed by atoms with E-state index in [-0.39, 0.29) is 5.56 Å². The minimum absolute atomic E-state index is 0.110. The van der Waals surface area contributed by atoms with Gasteiger partial charge in [0.1, 0.15) is 11.3 Å². The highest BCUT2D eigenvalue weighted by Crippen LogP contribution is 2.24. The molecule has 0 radical (unpaired) electrons. The summed E-state index contributed by atoms with van der Waals surface area (Å²) in [6.07, 6.45) is 2.97. The Kier molecular flexibility index (Phi) is 2.64. The molecular formula is C14H10N2O3. The van der Waals surface area contributed by atoms with Gasteiger partial charge in [-0.05, 0) is 24.3 Å². The number of aromatic nitrogens is 2. The molecule has 94 valence electrons. The lowest BCUT2D eigenvalue weighted by Crippen LogP contribution is -1.96. The first-order valence-corrected chi connectivity index (χ1v) is 5.68. The van der Waals surface area contributed by atoms with Gasteiger partial charge in [0, 0.05) is 6.20 Å². The lowest BCUT2D eigenvalue weighted by Gasteiger charge is -1.98. The lowest BCUT2D eigenvalue weighted by molar-refractivity contribution is 0.0697. The Labute approximate surface area is 108 Å². The van der Waals surface area contributed by atoms with Gasteiger partial charge in [-0.25, -0.2) is 9.48 Å². The van der Waals surface area contributed by atoms with Crippen LogP contribution in [0.25, 0.3) is 17.1 Å². The van der Waals surface area contributed by atoms with Crippen molar-refractivity contribution in [3.8, 4) is 17.1 Å². The second-order valence-corrected chi connectivity index (χ2v) is 3.95. The normalized spacial score (nSPS) is 10.5. The minimum Gasteiger partial charge on any atom is -0.478 e. The largest absolute Gasteiger partial charge is 0.478 e. The Bertz CT molecular complexity index is 700. The van der Waals surface area contributed by atoms with Crippen LogP contribution in [-0.2, 0) is 0 Å². The van der Waals surface area contributed by atoms with Gasteiger partial charge in [0.2, 0.25) is 0 Å². The number of carboxylic acids is 1. The van der Waals surface area contributed by atoms with Crippen LogP contribution in [0.15, 0.2) is 59.3 Å². The number of rotatable bonds is 3. The van der Waals surface area contributed by atoms with Gasteiger partial charge < -0.3 is 9.52 Å². The van der Waals surface area contributed by atoms with Crippen molar-refractivity contribution in [2.45, 2.75) is 0 Å². The van der Waals surface area contributed by atoms with E-state index in [1.54, 1.807) is 12.1 Å². The van der Waals surface area contributed by atoms with Gasteiger partial charge in [0.15, 0.2) is 5.76 Å². The van der Waals surface area contributed by atoms with Gasteiger partial charge in [-0.2, -0.15) is 5.10 Å². The Morgan fingerprint density at radius 2 is 1.95 bits per heavy atom. The first-order valence-electron chi connectivity index (χ1n) is 5.68. The number of benzene rings is 1. The minimum atomic E-state index is -1.03. The van der Waals surface area contributed by atoms with Crippen LogP contribution in [0.3, 0.4) is 0 Å². The molecule has 2 aromatic heterocycles. The van der Waals surface area contributed by atoms with Crippen molar-refractivity contribution in [1.29, 1.82) is 0 Å². The molecule has 0 aliphatic rings. The van der Waals surface area contributed by atoms with E-state index in [1.807, 2.05) is 30.3 Å². The van der Waals surface area contributed by atoms with Crippen LogP contribution in [0, 0.1) is 0 Å². The third-order valence-corrected chi connectivity index (χ3v) is 2.72. The maximum absolute atomic E-state index is 11.3. The molecule has 5 nitrogen and oxygen atoms in total. The molecule has 3 rings (SSSR count). The third-order valence-electron chi connectivity index (χ3n) is 2.72. The maximum atomic E-state index is 11.3. The zero-order chi connectivity index (χ0) is 13.2. The van der Waals surface area contributed by atoms with Crippen LogP contribution in [0.4, 0.5) is 0 Å². The third kappa shape index (κ3) is 2.01. The van der Waals surface area contributed by atoms with Gasteiger partial charge in [-0.15, -0.1) is 0 Å². The molecule has 2 heterocycles. The molecule has 0 aliphatic heterocycles. The van der Waals surface area contributed by atoms with E-state index >= 15 is 0 Å². The summed E-state index contributed by atoms with van der Waals surface area (Å²) in [5, 5.41) is 13.5. The Morgan fingerprint density at radius 1 is 1.16 bits per heavy atom. The number of nitrogens with zero attached hydrogens (tertiary/aromatic N) is 2. The Balaban J connectivity index is 2.15. The SMILES string of the molecule is O=C(O)c1cn(-c2ccccc2)nc1-c1ccco1. The fraction of sp³-hybridized carbons (Fsp3) is 0. The highest BCUT2D eigenvalue weighted by molar-refractivity contribution is 5.94. The molecule has 19 heavy (non-hydrogen) atoms. The summed E-state index contributed by atoms with van der Waals surface area (Å²) in [7, 11) is 0. The topological polar surface area (TPSA) is 68.3 Å². The summed E-state index contributed by atoms with van der Waals surface area (Å²) >= 11 is 0. The molecule has 1 aromatic carbocycles. The lowest BCUT2D eigenvalue weighted by atomic mass is 10.2. The van der Waals surface area contributed by atoms with Crippen molar-refractivity contribution in [3.63, 3.8) is 0 Å². The second kappa shape index (κ2) is 4.45. The van der Waals surface area contributed by atoms with Crippen LogP contribution < -0.4 is 0 Å². The van der Waals surface area contributed by atoms with Crippen LogP contribution in [0.5, 0.6) is 0 Å². The van der Waals surface area contributed by atoms with E-state index in [4.69, 9.17) is 4.42 Å². The number of aromatic carboxylic acids is 1. The predicted molar refractivity (Wildman–Crippen MR) is 68.2 cm³/mol. The molecule has 5 heteroatoms. The average molecular weight is 254 g/mol. The molecule has 0 aliphatic carbocycles. The van der Waals surface area contributed by atoms with E-state index in [2.05, 4.69) is 5.10 Å². The summed E-state index contributed by atoms with van der Waals surface area (Å²) < 4.78 is 6.75. The van der Waals surface area contributed by atoms with Gasteiger partial charge in [-0.3, -0.25) is 0 Å². The summed E-state index contributed by atoms with van der Waals surface area (Å²) in [5.74, 6) is -0.597. The molecule has 0 unspecified atom stereocenters. The number of carboxylic acid groups (broad SMARTS) is 1. The van der Waals surface area contributed by atoms with E-state index in [0.717, 1.165) is 5.69 Å². The fourth-order valence-corrected chi connectivity index (χ4v) is 1.84. The summed E-state index contributed by atoms with van der Waals surface area (Å²) in [4.78, 5) is 11.3. The highest BCUT2D eigenvalue weighted by atomic mass is 16.4.